The van der Waals surface area contributed by atoms with E-state index in [-0.39, 0.29) is 5.15 Å². The van der Waals surface area contributed by atoms with Crippen molar-refractivity contribution in [2.75, 3.05) is 6.61 Å². The Morgan fingerprint density at radius 1 is 1.24 bits per heavy atom. The van der Waals surface area contributed by atoms with Gasteiger partial charge >= 0.3 is 0 Å². The fourth-order valence-electron chi connectivity index (χ4n) is 2.51. The summed E-state index contributed by atoms with van der Waals surface area (Å²) < 4.78 is 12.1. The standard InChI is InChI=1S/C18H12ClN7OS2/c1-2-27-12-5-3-11(4-6-12)26-16(14-10-21-7-8-22-14)23-24-18(26)28-17-13(9-20)15(19)25-29-17/h3-8,10H,2H2,1H3. The summed E-state index contributed by atoms with van der Waals surface area (Å²) in [7, 11) is 0. The highest BCUT2D eigenvalue weighted by Gasteiger charge is 2.21. The third-order valence-corrected chi connectivity index (χ3v) is 6.07. The molecule has 4 rings (SSSR count). The summed E-state index contributed by atoms with van der Waals surface area (Å²) in [6.45, 7) is 2.52. The van der Waals surface area contributed by atoms with Gasteiger partial charge < -0.3 is 4.74 Å². The Morgan fingerprint density at radius 3 is 2.76 bits per heavy atom. The van der Waals surface area contributed by atoms with Gasteiger partial charge in [0.25, 0.3) is 0 Å². The van der Waals surface area contributed by atoms with Gasteiger partial charge in [-0.2, -0.15) is 9.64 Å². The van der Waals surface area contributed by atoms with Crippen LogP contribution in [0.2, 0.25) is 5.15 Å². The molecule has 0 aliphatic heterocycles. The van der Waals surface area contributed by atoms with Crippen LogP contribution >= 0.6 is 34.9 Å². The molecule has 144 valence electrons. The van der Waals surface area contributed by atoms with Gasteiger partial charge in [0.1, 0.15) is 27.3 Å². The summed E-state index contributed by atoms with van der Waals surface area (Å²) in [5.74, 6) is 1.29. The Labute approximate surface area is 179 Å². The second-order valence-corrected chi connectivity index (χ2v) is 7.88. The maximum atomic E-state index is 9.36. The van der Waals surface area contributed by atoms with E-state index in [4.69, 9.17) is 16.3 Å². The zero-order chi connectivity index (χ0) is 20.2. The summed E-state index contributed by atoms with van der Waals surface area (Å²) in [5.41, 5.74) is 1.71. The smallest absolute Gasteiger partial charge is 0.201 e. The molecule has 0 atom stereocenters. The van der Waals surface area contributed by atoms with Crippen molar-refractivity contribution in [2.24, 2.45) is 0 Å². The van der Waals surface area contributed by atoms with E-state index in [1.165, 1.54) is 11.8 Å². The van der Waals surface area contributed by atoms with Gasteiger partial charge in [0, 0.05) is 12.4 Å². The van der Waals surface area contributed by atoms with Crippen LogP contribution in [0.25, 0.3) is 17.2 Å². The fourth-order valence-corrected chi connectivity index (χ4v) is 4.61. The molecule has 0 saturated carbocycles. The minimum atomic E-state index is 0.182. The molecule has 29 heavy (non-hydrogen) atoms. The highest BCUT2D eigenvalue weighted by molar-refractivity contribution is 8.01. The van der Waals surface area contributed by atoms with Crippen LogP contribution in [0.5, 0.6) is 5.75 Å². The molecular formula is C18H12ClN7OS2. The minimum Gasteiger partial charge on any atom is -0.494 e. The van der Waals surface area contributed by atoms with Crippen molar-refractivity contribution in [3.63, 3.8) is 0 Å². The topological polar surface area (TPSA) is 102 Å². The first-order chi connectivity index (χ1) is 14.2. The zero-order valence-corrected chi connectivity index (χ0v) is 17.4. The average molecular weight is 442 g/mol. The molecule has 0 aliphatic rings. The van der Waals surface area contributed by atoms with Crippen LogP contribution in [0, 0.1) is 11.3 Å². The first kappa shape index (κ1) is 19.3. The number of benzene rings is 1. The lowest BCUT2D eigenvalue weighted by Gasteiger charge is -2.10. The van der Waals surface area contributed by atoms with Crippen LogP contribution in [0.4, 0.5) is 0 Å². The summed E-state index contributed by atoms with van der Waals surface area (Å²) in [6, 6.07) is 9.64. The van der Waals surface area contributed by atoms with E-state index in [0.29, 0.717) is 33.1 Å². The highest BCUT2D eigenvalue weighted by atomic mass is 35.5. The molecule has 1 aromatic carbocycles. The van der Waals surface area contributed by atoms with Gasteiger partial charge in [-0.3, -0.25) is 9.55 Å². The maximum Gasteiger partial charge on any atom is 0.201 e. The van der Waals surface area contributed by atoms with Crippen molar-refractivity contribution in [1.82, 2.24) is 29.1 Å². The molecular weight excluding hydrogens is 430 g/mol. The van der Waals surface area contributed by atoms with Crippen LogP contribution in [-0.4, -0.2) is 35.7 Å². The van der Waals surface area contributed by atoms with Crippen molar-refractivity contribution in [1.29, 1.82) is 5.26 Å². The SMILES string of the molecule is CCOc1ccc(-n2c(Sc3snc(Cl)c3C#N)nnc2-c2cnccn2)cc1. The largest absolute Gasteiger partial charge is 0.494 e. The Hall–Kier alpha value is -3.00. The minimum absolute atomic E-state index is 0.182. The van der Waals surface area contributed by atoms with Crippen molar-refractivity contribution >= 4 is 34.9 Å². The summed E-state index contributed by atoms with van der Waals surface area (Å²) in [4.78, 5) is 8.46. The molecule has 0 spiro atoms. The molecule has 0 unspecified atom stereocenters. The lowest BCUT2D eigenvalue weighted by atomic mass is 10.3. The van der Waals surface area contributed by atoms with E-state index in [1.54, 1.807) is 18.6 Å². The Kier molecular flexibility index (Phi) is 5.71. The van der Waals surface area contributed by atoms with Gasteiger partial charge in [-0.1, -0.05) is 11.6 Å². The van der Waals surface area contributed by atoms with Crippen LogP contribution in [0.3, 0.4) is 0 Å². The molecule has 0 amide bonds. The molecule has 8 nitrogen and oxygen atoms in total. The third kappa shape index (κ3) is 3.93. The highest BCUT2D eigenvalue weighted by Crippen LogP contribution is 2.38. The zero-order valence-electron chi connectivity index (χ0n) is 15.0. The second kappa shape index (κ2) is 8.57. The molecule has 0 aliphatic carbocycles. The molecule has 4 aromatic rings. The molecule has 11 heteroatoms. The first-order valence-corrected chi connectivity index (χ1v) is 10.4. The Balaban J connectivity index is 1.81. The number of nitriles is 1. The molecule has 3 heterocycles. The normalized spacial score (nSPS) is 10.7. The molecule has 3 aromatic heterocycles. The predicted octanol–water partition coefficient (Wildman–Crippen LogP) is 4.26. The predicted molar refractivity (Wildman–Crippen MR) is 110 cm³/mol. The molecule has 0 N–H and O–H groups in total. The Morgan fingerprint density at radius 2 is 2.07 bits per heavy atom. The van der Waals surface area contributed by atoms with E-state index < -0.39 is 0 Å². The second-order valence-electron chi connectivity index (χ2n) is 5.51. The van der Waals surface area contributed by atoms with Gasteiger partial charge in [0.15, 0.2) is 11.0 Å². The Bertz CT molecular complexity index is 1170. The van der Waals surface area contributed by atoms with E-state index in [2.05, 4.69) is 30.6 Å². The maximum absolute atomic E-state index is 9.36. The van der Waals surface area contributed by atoms with Crippen LogP contribution in [-0.2, 0) is 0 Å². The molecule has 0 bridgehead atoms. The quantitative estimate of drug-likeness (QED) is 0.437. The van der Waals surface area contributed by atoms with Gasteiger partial charge in [0.05, 0.1) is 18.5 Å². The summed E-state index contributed by atoms with van der Waals surface area (Å²) in [5, 5.41) is 18.7. The molecule has 0 radical (unpaired) electrons. The average Bonchev–Trinajstić information content (AvgIpc) is 3.33. The summed E-state index contributed by atoms with van der Waals surface area (Å²) in [6.07, 6.45) is 4.80. The lowest BCUT2D eigenvalue weighted by molar-refractivity contribution is 0.340. The monoisotopic (exact) mass is 441 g/mol. The number of rotatable bonds is 6. The number of halogens is 1. The van der Waals surface area contributed by atoms with E-state index in [1.807, 2.05) is 35.8 Å². The van der Waals surface area contributed by atoms with Gasteiger partial charge in [0.2, 0.25) is 5.16 Å². The first-order valence-electron chi connectivity index (χ1n) is 8.39. The fraction of sp³-hybridized carbons (Fsp3) is 0.111. The summed E-state index contributed by atoms with van der Waals surface area (Å²) >= 11 is 8.42. The number of aromatic nitrogens is 6. The van der Waals surface area contributed by atoms with E-state index in [9.17, 15) is 5.26 Å². The molecule has 0 saturated heterocycles. The lowest BCUT2D eigenvalue weighted by Crippen LogP contribution is -2.01. The number of hydrogen-bond acceptors (Lipinski definition) is 9. The van der Waals surface area contributed by atoms with Crippen molar-refractivity contribution in [3.8, 4) is 29.0 Å². The van der Waals surface area contributed by atoms with Crippen LogP contribution < -0.4 is 4.74 Å². The van der Waals surface area contributed by atoms with Gasteiger partial charge in [-0.15, -0.1) is 10.2 Å². The van der Waals surface area contributed by atoms with Crippen molar-refractivity contribution in [2.45, 2.75) is 16.3 Å². The van der Waals surface area contributed by atoms with Crippen molar-refractivity contribution in [3.05, 3.63) is 53.6 Å². The molecule has 0 fully saturated rings. The van der Waals surface area contributed by atoms with E-state index >= 15 is 0 Å². The van der Waals surface area contributed by atoms with Gasteiger partial charge in [-0.25, -0.2) is 4.98 Å². The van der Waals surface area contributed by atoms with Crippen LogP contribution in [0.1, 0.15) is 12.5 Å². The number of hydrogen-bond donors (Lipinski definition) is 0. The van der Waals surface area contributed by atoms with Crippen LogP contribution in [0.15, 0.2) is 52.2 Å². The van der Waals surface area contributed by atoms with E-state index in [0.717, 1.165) is 23.0 Å². The third-order valence-electron chi connectivity index (χ3n) is 3.75. The van der Waals surface area contributed by atoms with Gasteiger partial charge in [-0.05, 0) is 54.5 Å². The number of ether oxygens (including phenoxy) is 1. The number of nitrogens with zero attached hydrogens (tertiary/aromatic N) is 7. The van der Waals surface area contributed by atoms with Crippen molar-refractivity contribution < 1.29 is 4.74 Å².